The van der Waals surface area contributed by atoms with Crippen molar-refractivity contribution >= 4 is 12.1 Å². The van der Waals surface area contributed by atoms with Crippen molar-refractivity contribution in [1.29, 1.82) is 0 Å². The first kappa shape index (κ1) is 14.9. The molecule has 6 heteroatoms. The Morgan fingerprint density at radius 1 is 0.650 bits per heavy atom. The van der Waals surface area contributed by atoms with Crippen molar-refractivity contribution < 1.29 is 9.59 Å². The molecule has 0 aromatic rings. The molecule has 2 aliphatic heterocycles. The maximum atomic E-state index is 11.8. The summed E-state index contributed by atoms with van der Waals surface area (Å²) in [4.78, 5) is 27.4. The van der Waals surface area contributed by atoms with E-state index in [2.05, 4.69) is 10.6 Å². The van der Waals surface area contributed by atoms with Crippen LogP contribution in [-0.2, 0) is 0 Å². The van der Waals surface area contributed by atoms with Gasteiger partial charge < -0.3 is 20.4 Å². The lowest BCUT2D eigenvalue weighted by Gasteiger charge is -2.28. The molecule has 0 unspecified atom stereocenters. The van der Waals surface area contributed by atoms with Crippen molar-refractivity contribution in [2.45, 2.75) is 38.5 Å². The van der Waals surface area contributed by atoms with Crippen LogP contribution in [0.5, 0.6) is 0 Å². The molecule has 6 nitrogen and oxygen atoms in total. The summed E-state index contributed by atoms with van der Waals surface area (Å²) in [5.41, 5.74) is 0. The summed E-state index contributed by atoms with van der Waals surface area (Å²) in [5, 5.41) is 5.73. The second-order valence-electron chi connectivity index (χ2n) is 5.56. The highest BCUT2D eigenvalue weighted by Gasteiger charge is 2.17. The molecule has 0 saturated carbocycles. The number of nitrogens with zero attached hydrogens (tertiary/aromatic N) is 2. The Morgan fingerprint density at radius 3 is 1.35 bits per heavy atom. The van der Waals surface area contributed by atoms with Gasteiger partial charge in [0.25, 0.3) is 0 Å². The molecule has 2 rings (SSSR count). The molecule has 4 amide bonds. The number of hydrogen-bond acceptors (Lipinski definition) is 2. The van der Waals surface area contributed by atoms with Gasteiger partial charge in [0.1, 0.15) is 0 Å². The summed E-state index contributed by atoms with van der Waals surface area (Å²) >= 11 is 0. The quantitative estimate of drug-likeness (QED) is 0.768. The van der Waals surface area contributed by atoms with Gasteiger partial charge in [-0.25, -0.2) is 9.59 Å². The molecule has 114 valence electrons. The fraction of sp³-hybridized carbons (Fsp3) is 0.857. The third-order valence-corrected chi connectivity index (χ3v) is 3.96. The summed E-state index contributed by atoms with van der Waals surface area (Å²) < 4.78 is 0. The van der Waals surface area contributed by atoms with E-state index in [9.17, 15) is 9.59 Å². The molecule has 2 saturated heterocycles. The van der Waals surface area contributed by atoms with Crippen molar-refractivity contribution in [3.05, 3.63) is 0 Å². The molecule has 0 bridgehead atoms. The number of urea groups is 2. The molecule has 0 aromatic carbocycles. The number of piperidine rings is 2. The van der Waals surface area contributed by atoms with Gasteiger partial charge >= 0.3 is 12.1 Å². The molecule has 0 atom stereocenters. The van der Waals surface area contributed by atoms with Crippen LogP contribution >= 0.6 is 0 Å². The number of nitrogens with one attached hydrogen (secondary N) is 2. The third kappa shape index (κ3) is 4.58. The van der Waals surface area contributed by atoms with Crippen LogP contribution in [0.4, 0.5) is 9.59 Å². The Labute approximate surface area is 120 Å². The SMILES string of the molecule is O=C(NCCNC(=O)N1CCCCC1)N1CCCCC1. The standard InChI is InChI=1S/C14H26N4O2/c19-13(17-9-3-1-4-10-17)15-7-8-16-14(20)18-11-5-2-6-12-18/h1-12H2,(H,15,19)(H,16,20). The minimum Gasteiger partial charge on any atom is -0.336 e. The fourth-order valence-corrected chi connectivity index (χ4v) is 2.76. The Balaban J connectivity index is 1.56. The summed E-state index contributed by atoms with van der Waals surface area (Å²) in [6.07, 6.45) is 6.82. The molecule has 0 aromatic heterocycles. The summed E-state index contributed by atoms with van der Waals surface area (Å²) in [6, 6.07) is -0.00570. The number of amides is 4. The van der Waals surface area contributed by atoms with Gasteiger partial charge in [-0.05, 0) is 38.5 Å². The van der Waals surface area contributed by atoms with E-state index in [1.807, 2.05) is 9.80 Å². The highest BCUT2D eigenvalue weighted by atomic mass is 16.2. The molecular weight excluding hydrogens is 256 g/mol. The second kappa shape index (κ2) is 7.97. The minimum atomic E-state index is -0.00285. The van der Waals surface area contributed by atoms with E-state index in [0.717, 1.165) is 51.9 Å². The van der Waals surface area contributed by atoms with E-state index in [1.54, 1.807) is 0 Å². The Bertz CT molecular complexity index is 291. The molecule has 0 aliphatic carbocycles. The predicted molar refractivity (Wildman–Crippen MR) is 77.6 cm³/mol. The van der Waals surface area contributed by atoms with E-state index in [1.165, 1.54) is 12.8 Å². The van der Waals surface area contributed by atoms with Crippen molar-refractivity contribution in [2.75, 3.05) is 39.3 Å². The fourth-order valence-electron chi connectivity index (χ4n) is 2.76. The summed E-state index contributed by atoms with van der Waals surface area (Å²) in [6.45, 7) is 4.40. The average molecular weight is 282 g/mol. The van der Waals surface area contributed by atoms with Gasteiger partial charge in [-0.15, -0.1) is 0 Å². The molecule has 2 fully saturated rings. The van der Waals surface area contributed by atoms with E-state index < -0.39 is 0 Å². The lowest BCUT2D eigenvalue weighted by atomic mass is 10.1. The smallest absolute Gasteiger partial charge is 0.317 e. The first-order valence-electron chi connectivity index (χ1n) is 7.83. The zero-order chi connectivity index (χ0) is 14.2. The first-order chi connectivity index (χ1) is 9.77. The van der Waals surface area contributed by atoms with Crippen LogP contribution in [0, 0.1) is 0 Å². The highest BCUT2D eigenvalue weighted by molar-refractivity contribution is 5.75. The van der Waals surface area contributed by atoms with E-state index in [-0.39, 0.29) is 12.1 Å². The molecule has 20 heavy (non-hydrogen) atoms. The average Bonchev–Trinajstić information content (AvgIpc) is 2.53. The molecule has 2 heterocycles. The number of hydrogen-bond donors (Lipinski definition) is 2. The van der Waals surface area contributed by atoms with Crippen LogP contribution in [-0.4, -0.2) is 61.1 Å². The first-order valence-corrected chi connectivity index (χ1v) is 7.83. The van der Waals surface area contributed by atoms with Gasteiger partial charge in [-0.2, -0.15) is 0 Å². The van der Waals surface area contributed by atoms with Crippen molar-refractivity contribution in [2.24, 2.45) is 0 Å². The monoisotopic (exact) mass is 282 g/mol. The molecule has 0 radical (unpaired) electrons. The maximum absolute atomic E-state index is 11.8. The second-order valence-corrected chi connectivity index (χ2v) is 5.56. The molecule has 2 N–H and O–H groups in total. The Hall–Kier alpha value is -1.46. The lowest BCUT2D eigenvalue weighted by molar-refractivity contribution is 0.182. The van der Waals surface area contributed by atoms with Crippen LogP contribution in [0.1, 0.15) is 38.5 Å². The topological polar surface area (TPSA) is 64.7 Å². The number of rotatable bonds is 3. The van der Waals surface area contributed by atoms with Gasteiger partial charge in [0.15, 0.2) is 0 Å². The largest absolute Gasteiger partial charge is 0.336 e. The van der Waals surface area contributed by atoms with Crippen molar-refractivity contribution in [3.63, 3.8) is 0 Å². The van der Waals surface area contributed by atoms with Crippen LogP contribution in [0.25, 0.3) is 0 Å². The molecular formula is C14H26N4O2. The van der Waals surface area contributed by atoms with Crippen molar-refractivity contribution in [3.8, 4) is 0 Å². The van der Waals surface area contributed by atoms with Gasteiger partial charge in [-0.1, -0.05) is 0 Å². The summed E-state index contributed by atoms with van der Waals surface area (Å²) in [7, 11) is 0. The van der Waals surface area contributed by atoms with Gasteiger partial charge in [0.2, 0.25) is 0 Å². The van der Waals surface area contributed by atoms with Crippen LogP contribution < -0.4 is 10.6 Å². The van der Waals surface area contributed by atoms with Crippen LogP contribution in [0.15, 0.2) is 0 Å². The van der Waals surface area contributed by atoms with Gasteiger partial charge in [0.05, 0.1) is 0 Å². The van der Waals surface area contributed by atoms with Gasteiger partial charge in [0, 0.05) is 39.3 Å². The van der Waals surface area contributed by atoms with E-state index >= 15 is 0 Å². The number of carbonyl (C=O) groups excluding carboxylic acids is 2. The zero-order valence-electron chi connectivity index (χ0n) is 12.2. The zero-order valence-corrected chi connectivity index (χ0v) is 12.2. The minimum absolute atomic E-state index is 0.00285. The number of carbonyl (C=O) groups is 2. The lowest BCUT2D eigenvalue weighted by Crippen LogP contribution is -2.47. The maximum Gasteiger partial charge on any atom is 0.317 e. The van der Waals surface area contributed by atoms with Gasteiger partial charge in [-0.3, -0.25) is 0 Å². The van der Waals surface area contributed by atoms with Crippen molar-refractivity contribution in [1.82, 2.24) is 20.4 Å². The van der Waals surface area contributed by atoms with E-state index in [4.69, 9.17) is 0 Å². The normalized spacial score (nSPS) is 19.6. The molecule has 2 aliphatic rings. The van der Waals surface area contributed by atoms with E-state index in [0.29, 0.717) is 13.1 Å². The Kier molecular flexibility index (Phi) is 5.95. The highest BCUT2D eigenvalue weighted by Crippen LogP contribution is 2.09. The van der Waals surface area contributed by atoms with Crippen LogP contribution in [0.2, 0.25) is 0 Å². The summed E-state index contributed by atoms with van der Waals surface area (Å²) in [5.74, 6) is 0. The molecule has 0 spiro atoms. The van der Waals surface area contributed by atoms with Crippen LogP contribution in [0.3, 0.4) is 0 Å². The predicted octanol–water partition coefficient (Wildman–Crippen LogP) is 1.38. The number of likely N-dealkylation sites (tertiary alicyclic amines) is 2. The third-order valence-electron chi connectivity index (χ3n) is 3.96. The Morgan fingerprint density at radius 2 is 1.00 bits per heavy atom.